The molecule has 0 radical (unpaired) electrons. The highest BCUT2D eigenvalue weighted by molar-refractivity contribution is 5.56. The molecule has 2 aromatic rings. The van der Waals surface area contributed by atoms with Crippen LogP contribution in [0.15, 0.2) is 42.4 Å². The standard InChI is InChI=1S/C14H17N3O/c1-15-14(11-5-4-8-18-10-11)12-9-16-17-7-3-2-6-13(12)17/h2-3,6-7,9-10,14-15H,4-5,8H2,1H3. The van der Waals surface area contributed by atoms with Gasteiger partial charge >= 0.3 is 0 Å². The quantitative estimate of drug-likeness (QED) is 0.899. The maximum Gasteiger partial charge on any atom is 0.0876 e. The SMILES string of the molecule is CNC(C1=COCCC1)c1cnn2ccccc12. The van der Waals surface area contributed by atoms with E-state index in [-0.39, 0.29) is 6.04 Å². The number of rotatable bonds is 3. The van der Waals surface area contributed by atoms with E-state index in [9.17, 15) is 0 Å². The Morgan fingerprint density at radius 1 is 1.44 bits per heavy atom. The zero-order chi connectivity index (χ0) is 12.4. The molecule has 0 saturated carbocycles. The van der Waals surface area contributed by atoms with Gasteiger partial charge in [-0.15, -0.1) is 0 Å². The number of likely N-dealkylation sites (N-methyl/N-ethyl adjacent to an activating group) is 1. The Hall–Kier alpha value is -1.81. The highest BCUT2D eigenvalue weighted by Gasteiger charge is 2.20. The fourth-order valence-electron chi connectivity index (χ4n) is 2.51. The van der Waals surface area contributed by atoms with Crippen LogP contribution in [0.3, 0.4) is 0 Å². The van der Waals surface area contributed by atoms with Crippen molar-refractivity contribution in [1.29, 1.82) is 0 Å². The molecule has 4 nitrogen and oxygen atoms in total. The van der Waals surface area contributed by atoms with Crippen LogP contribution in [0.2, 0.25) is 0 Å². The molecule has 0 bridgehead atoms. The Morgan fingerprint density at radius 3 is 3.17 bits per heavy atom. The number of hydrogen-bond acceptors (Lipinski definition) is 3. The normalized spacial score (nSPS) is 17.3. The van der Waals surface area contributed by atoms with Crippen molar-refractivity contribution in [2.24, 2.45) is 0 Å². The molecule has 1 atom stereocenters. The van der Waals surface area contributed by atoms with Crippen molar-refractivity contribution in [2.45, 2.75) is 18.9 Å². The second kappa shape index (κ2) is 4.82. The average Bonchev–Trinajstić information content (AvgIpc) is 2.85. The molecule has 2 aromatic heterocycles. The number of nitrogens with one attached hydrogen (secondary N) is 1. The van der Waals surface area contributed by atoms with Crippen LogP contribution in [0.25, 0.3) is 5.52 Å². The summed E-state index contributed by atoms with van der Waals surface area (Å²) in [7, 11) is 1.98. The molecular formula is C14H17N3O. The van der Waals surface area contributed by atoms with Crippen molar-refractivity contribution in [1.82, 2.24) is 14.9 Å². The smallest absolute Gasteiger partial charge is 0.0876 e. The molecule has 4 heteroatoms. The molecule has 0 amide bonds. The summed E-state index contributed by atoms with van der Waals surface area (Å²) in [5, 5.41) is 7.76. The van der Waals surface area contributed by atoms with Crippen LogP contribution in [0.4, 0.5) is 0 Å². The Morgan fingerprint density at radius 2 is 2.39 bits per heavy atom. The van der Waals surface area contributed by atoms with Crippen LogP contribution in [0.5, 0.6) is 0 Å². The molecule has 1 aliphatic heterocycles. The zero-order valence-corrected chi connectivity index (χ0v) is 10.5. The fraction of sp³-hybridized carbons (Fsp3) is 0.357. The highest BCUT2D eigenvalue weighted by Crippen LogP contribution is 2.29. The van der Waals surface area contributed by atoms with E-state index in [0.29, 0.717) is 0 Å². The number of ether oxygens (including phenoxy) is 1. The molecule has 1 unspecified atom stereocenters. The molecule has 18 heavy (non-hydrogen) atoms. The van der Waals surface area contributed by atoms with E-state index in [2.05, 4.69) is 16.5 Å². The van der Waals surface area contributed by atoms with Crippen molar-refractivity contribution >= 4 is 5.52 Å². The molecule has 0 fully saturated rings. The van der Waals surface area contributed by atoms with Gasteiger partial charge in [-0.2, -0.15) is 5.10 Å². The topological polar surface area (TPSA) is 38.6 Å². The van der Waals surface area contributed by atoms with Gasteiger partial charge in [0, 0.05) is 11.8 Å². The van der Waals surface area contributed by atoms with Crippen LogP contribution in [-0.2, 0) is 4.74 Å². The van der Waals surface area contributed by atoms with Gasteiger partial charge in [-0.25, -0.2) is 4.52 Å². The third-order valence-electron chi connectivity index (χ3n) is 3.39. The van der Waals surface area contributed by atoms with Gasteiger partial charge < -0.3 is 10.1 Å². The van der Waals surface area contributed by atoms with Gasteiger partial charge in [0.15, 0.2) is 0 Å². The van der Waals surface area contributed by atoms with Gasteiger partial charge in [0.1, 0.15) is 0 Å². The third-order valence-corrected chi connectivity index (χ3v) is 3.39. The van der Waals surface area contributed by atoms with E-state index < -0.39 is 0 Å². The van der Waals surface area contributed by atoms with E-state index in [1.807, 2.05) is 42.4 Å². The van der Waals surface area contributed by atoms with Gasteiger partial charge in [0.25, 0.3) is 0 Å². The Bertz CT molecular complexity index is 573. The molecule has 0 saturated heterocycles. The van der Waals surface area contributed by atoms with Gasteiger partial charge in [-0.3, -0.25) is 0 Å². The molecule has 0 spiro atoms. The lowest BCUT2D eigenvalue weighted by atomic mass is 9.96. The van der Waals surface area contributed by atoms with Gasteiger partial charge in [-0.1, -0.05) is 6.07 Å². The number of nitrogens with zero attached hydrogens (tertiary/aromatic N) is 2. The molecule has 0 aliphatic carbocycles. The van der Waals surface area contributed by atoms with Crippen LogP contribution in [-0.4, -0.2) is 23.3 Å². The number of pyridine rings is 1. The van der Waals surface area contributed by atoms with Crippen molar-refractivity contribution in [2.75, 3.05) is 13.7 Å². The van der Waals surface area contributed by atoms with Gasteiger partial charge in [-0.05, 0) is 37.6 Å². The number of hydrogen-bond donors (Lipinski definition) is 1. The van der Waals surface area contributed by atoms with E-state index in [0.717, 1.165) is 25.0 Å². The minimum atomic E-state index is 0.185. The summed E-state index contributed by atoms with van der Waals surface area (Å²) in [6.07, 6.45) is 7.97. The largest absolute Gasteiger partial charge is 0.501 e. The fourth-order valence-corrected chi connectivity index (χ4v) is 2.51. The van der Waals surface area contributed by atoms with E-state index in [1.54, 1.807) is 0 Å². The summed E-state index contributed by atoms with van der Waals surface area (Å²) < 4.78 is 7.35. The van der Waals surface area contributed by atoms with Crippen LogP contribution in [0.1, 0.15) is 24.4 Å². The molecular weight excluding hydrogens is 226 g/mol. The number of fused-ring (bicyclic) bond motifs is 1. The summed E-state index contributed by atoms with van der Waals surface area (Å²) in [5.41, 5.74) is 3.64. The molecule has 0 aromatic carbocycles. The van der Waals surface area contributed by atoms with Crippen molar-refractivity contribution in [3.63, 3.8) is 0 Å². The van der Waals surface area contributed by atoms with Crippen LogP contribution < -0.4 is 5.32 Å². The molecule has 1 aliphatic rings. The summed E-state index contributed by atoms with van der Waals surface area (Å²) in [5.74, 6) is 0. The van der Waals surface area contributed by atoms with Gasteiger partial charge in [0.2, 0.25) is 0 Å². The first kappa shape index (κ1) is 11.3. The Balaban J connectivity index is 2.03. The lowest BCUT2D eigenvalue weighted by Gasteiger charge is -2.22. The van der Waals surface area contributed by atoms with Crippen molar-refractivity contribution in [3.8, 4) is 0 Å². The second-order valence-corrected chi connectivity index (χ2v) is 4.52. The zero-order valence-electron chi connectivity index (χ0n) is 10.5. The lowest BCUT2D eigenvalue weighted by molar-refractivity contribution is 0.220. The maximum atomic E-state index is 5.45. The number of aromatic nitrogens is 2. The van der Waals surface area contributed by atoms with Crippen LogP contribution >= 0.6 is 0 Å². The Kier molecular flexibility index (Phi) is 3.02. The van der Waals surface area contributed by atoms with E-state index in [1.165, 1.54) is 11.1 Å². The van der Waals surface area contributed by atoms with Crippen LogP contribution in [0, 0.1) is 0 Å². The lowest BCUT2D eigenvalue weighted by Crippen LogP contribution is -2.20. The maximum absolute atomic E-state index is 5.45. The average molecular weight is 243 g/mol. The predicted molar refractivity (Wildman–Crippen MR) is 70.3 cm³/mol. The second-order valence-electron chi connectivity index (χ2n) is 4.52. The summed E-state index contributed by atoms with van der Waals surface area (Å²) in [6.45, 7) is 0.828. The first-order chi connectivity index (χ1) is 8.90. The minimum Gasteiger partial charge on any atom is -0.501 e. The first-order valence-electron chi connectivity index (χ1n) is 6.30. The summed E-state index contributed by atoms with van der Waals surface area (Å²) in [4.78, 5) is 0. The first-order valence-corrected chi connectivity index (χ1v) is 6.30. The minimum absolute atomic E-state index is 0.185. The Labute approximate surface area is 106 Å². The monoisotopic (exact) mass is 243 g/mol. The van der Waals surface area contributed by atoms with Crippen molar-refractivity contribution < 1.29 is 4.74 Å². The predicted octanol–water partition coefficient (Wildman–Crippen LogP) is 2.29. The van der Waals surface area contributed by atoms with Gasteiger partial charge in [0.05, 0.1) is 30.6 Å². The van der Waals surface area contributed by atoms with E-state index in [4.69, 9.17) is 4.74 Å². The third kappa shape index (κ3) is 1.88. The summed E-state index contributed by atoms with van der Waals surface area (Å²) in [6, 6.07) is 6.31. The highest BCUT2D eigenvalue weighted by atomic mass is 16.5. The molecule has 3 rings (SSSR count). The molecule has 94 valence electrons. The van der Waals surface area contributed by atoms with E-state index >= 15 is 0 Å². The molecule has 1 N–H and O–H groups in total. The summed E-state index contributed by atoms with van der Waals surface area (Å²) >= 11 is 0. The molecule has 3 heterocycles. The van der Waals surface area contributed by atoms with Crippen molar-refractivity contribution in [3.05, 3.63) is 48.0 Å².